The van der Waals surface area contributed by atoms with Crippen molar-refractivity contribution < 1.29 is 14.3 Å². The normalized spacial score (nSPS) is 19.0. The minimum absolute atomic E-state index is 0.0981. The number of epoxide rings is 1. The zero-order valence-corrected chi connectivity index (χ0v) is 8.54. The molecule has 0 bridgehead atoms. The van der Waals surface area contributed by atoms with Gasteiger partial charge >= 0.3 is 5.97 Å². The lowest BCUT2D eigenvalue weighted by Crippen LogP contribution is -2.09. The Morgan fingerprint density at radius 1 is 1.50 bits per heavy atom. The molecular weight excluding hydrogens is 180 g/mol. The lowest BCUT2D eigenvalue weighted by atomic mass is 10.1. The van der Waals surface area contributed by atoms with Crippen molar-refractivity contribution in [1.82, 2.24) is 0 Å². The van der Waals surface area contributed by atoms with E-state index in [4.69, 9.17) is 9.47 Å². The van der Waals surface area contributed by atoms with E-state index in [0.29, 0.717) is 13.0 Å². The van der Waals surface area contributed by atoms with Crippen LogP contribution in [0.15, 0.2) is 12.7 Å². The van der Waals surface area contributed by atoms with Crippen LogP contribution in [-0.2, 0) is 14.3 Å². The monoisotopic (exact) mass is 198 g/mol. The number of hydrogen-bond acceptors (Lipinski definition) is 3. The summed E-state index contributed by atoms with van der Waals surface area (Å²) in [5.41, 5.74) is 0. The molecule has 0 spiro atoms. The first-order valence-electron chi connectivity index (χ1n) is 5.21. The first-order valence-corrected chi connectivity index (χ1v) is 5.21. The molecule has 1 aliphatic heterocycles. The van der Waals surface area contributed by atoms with Gasteiger partial charge in [0.25, 0.3) is 0 Å². The number of ether oxygens (including phenoxy) is 2. The van der Waals surface area contributed by atoms with Gasteiger partial charge in [0.05, 0.1) is 6.61 Å². The van der Waals surface area contributed by atoms with Crippen LogP contribution in [0.25, 0.3) is 0 Å². The molecule has 0 N–H and O–H groups in total. The second-order valence-electron chi connectivity index (χ2n) is 3.53. The average molecular weight is 198 g/mol. The van der Waals surface area contributed by atoms with Gasteiger partial charge < -0.3 is 9.47 Å². The molecule has 0 aromatic carbocycles. The van der Waals surface area contributed by atoms with E-state index >= 15 is 0 Å². The van der Waals surface area contributed by atoms with E-state index in [-0.39, 0.29) is 12.1 Å². The third-order valence-electron chi connectivity index (χ3n) is 2.12. The standard InChI is InChI=1S/C11H18O3/c1-2-3-4-5-6-7-11(12)14-9-10-8-13-10/h2,10H,1,3-9H2. The lowest BCUT2D eigenvalue weighted by molar-refractivity contribution is -0.144. The van der Waals surface area contributed by atoms with Crippen LogP contribution in [-0.4, -0.2) is 25.3 Å². The van der Waals surface area contributed by atoms with Crippen molar-refractivity contribution in [2.24, 2.45) is 0 Å². The first kappa shape index (κ1) is 11.2. The molecule has 0 aromatic heterocycles. The smallest absolute Gasteiger partial charge is 0.305 e. The van der Waals surface area contributed by atoms with Crippen LogP contribution in [0.5, 0.6) is 0 Å². The molecule has 1 unspecified atom stereocenters. The molecule has 3 heteroatoms. The lowest BCUT2D eigenvalue weighted by Gasteiger charge is -2.01. The highest BCUT2D eigenvalue weighted by Crippen LogP contribution is 2.10. The molecule has 0 amide bonds. The Bertz CT molecular complexity index is 185. The largest absolute Gasteiger partial charge is 0.463 e. The molecule has 14 heavy (non-hydrogen) atoms. The number of allylic oxidation sites excluding steroid dienone is 1. The summed E-state index contributed by atoms with van der Waals surface area (Å²) in [4.78, 5) is 11.1. The number of unbranched alkanes of at least 4 members (excludes halogenated alkanes) is 3. The van der Waals surface area contributed by atoms with Gasteiger partial charge in [-0.2, -0.15) is 0 Å². The highest BCUT2D eigenvalue weighted by atomic mass is 16.6. The summed E-state index contributed by atoms with van der Waals surface area (Å²) in [5.74, 6) is -0.0981. The third kappa shape index (κ3) is 5.75. The Morgan fingerprint density at radius 2 is 2.29 bits per heavy atom. The van der Waals surface area contributed by atoms with E-state index in [9.17, 15) is 4.79 Å². The summed E-state index contributed by atoms with van der Waals surface area (Å²) in [5, 5.41) is 0. The molecule has 1 aliphatic rings. The molecule has 1 saturated heterocycles. The Labute approximate surface area is 85.1 Å². The Balaban J connectivity index is 1.84. The summed E-state index contributed by atoms with van der Waals surface area (Å²) >= 11 is 0. The van der Waals surface area contributed by atoms with Gasteiger partial charge in [-0.05, 0) is 19.3 Å². The van der Waals surface area contributed by atoms with Crippen LogP contribution in [0.4, 0.5) is 0 Å². The fourth-order valence-corrected chi connectivity index (χ4v) is 1.16. The first-order chi connectivity index (χ1) is 6.83. The van der Waals surface area contributed by atoms with E-state index in [1.807, 2.05) is 6.08 Å². The van der Waals surface area contributed by atoms with Crippen molar-refractivity contribution in [2.75, 3.05) is 13.2 Å². The second kappa shape index (κ2) is 6.60. The molecule has 1 heterocycles. The SMILES string of the molecule is C=CCCCCCC(=O)OCC1CO1. The maximum absolute atomic E-state index is 11.1. The molecule has 0 aromatic rings. The highest BCUT2D eigenvalue weighted by molar-refractivity contribution is 5.69. The molecule has 1 rings (SSSR count). The maximum Gasteiger partial charge on any atom is 0.305 e. The van der Waals surface area contributed by atoms with Gasteiger partial charge in [-0.25, -0.2) is 0 Å². The number of rotatable bonds is 8. The third-order valence-corrected chi connectivity index (χ3v) is 2.12. The minimum Gasteiger partial charge on any atom is -0.463 e. The highest BCUT2D eigenvalue weighted by Gasteiger charge is 2.23. The summed E-state index contributed by atoms with van der Waals surface area (Å²) in [6.07, 6.45) is 6.75. The van der Waals surface area contributed by atoms with Gasteiger partial charge in [0.15, 0.2) is 0 Å². The molecule has 0 aliphatic carbocycles. The Morgan fingerprint density at radius 3 is 2.93 bits per heavy atom. The van der Waals surface area contributed by atoms with Crippen LogP contribution < -0.4 is 0 Å². The summed E-state index contributed by atoms with van der Waals surface area (Å²) < 4.78 is 9.92. The predicted molar refractivity (Wildman–Crippen MR) is 54.0 cm³/mol. The van der Waals surface area contributed by atoms with E-state index in [1.54, 1.807) is 0 Å². The van der Waals surface area contributed by atoms with E-state index < -0.39 is 0 Å². The van der Waals surface area contributed by atoms with Crippen molar-refractivity contribution >= 4 is 5.97 Å². The fraction of sp³-hybridized carbons (Fsp3) is 0.727. The van der Waals surface area contributed by atoms with Crippen molar-refractivity contribution in [3.63, 3.8) is 0 Å². The average Bonchev–Trinajstić information content (AvgIpc) is 2.98. The van der Waals surface area contributed by atoms with E-state index in [2.05, 4.69) is 6.58 Å². The van der Waals surface area contributed by atoms with Crippen molar-refractivity contribution in [3.8, 4) is 0 Å². The molecule has 1 fully saturated rings. The van der Waals surface area contributed by atoms with Gasteiger partial charge in [-0.1, -0.05) is 12.5 Å². The quantitative estimate of drug-likeness (QED) is 0.259. The van der Waals surface area contributed by atoms with Gasteiger partial charge in [-0.15, -0.1) is 6.58 Å². The zero-order chi connectivity index (χ0) is 10.2. The molecule has 0 saturated carbocycles. The number of esters is 1. The zero-order valence-electron chi connectivity index (χ0n) is 8.54. The Kier molecular flexibility index (Phi) is 5.30. The molecule has 3 nitrogen and oxygen atoms in total. The Hall–Kier alpha value is -0.830. The minimum atomic E-state index is -0.0981. The van der Waals surface area contributed by atoms with Crippen LogP contribution >= 0.6 is 0 Å². The van der Waals surface area contributed by atoms with Crippen molar-refractivity contribution in [1.29, 1.82) is 0 Å². The summed E-state index contributed by atoms with van der Waals surface area (Å²) in [6, 6.07) is 0. The second-order valence-corrected chi connectivity index (χ2v) is 3.53. The van der Waals surface area contributed by atoms with Crippen LogP contribution in [0.2, 0.25) is 0 Å². The molecule has 1 atom stereocenters. The van der Waals surface area contributed by atoms with Crippen LogP contribution in [0.1, 0.15) is 32.1 Å². The van der Waals surface area contributed by atoms with Crippen LogP contribution in [0, 0.1) is 0 Å². The number of hydrogen-bond donors (Lipinski definition) is 0. The van der Waals surface area contributed by atoms with Crippen LogP contribution in [0.3, 0.4) is 0 Å². The fourth-order valence-electron chi connectivity index (χ4n) is 1.16. The summed E-state index contributed by atoms with van der Waals surface area (Å²) in [7, 11) is 0. The van der Waals surface area contributed by atoms with E-state index in [0.717, 1.165) is 32.3 Å². The number of carbonyl (C=O) groups excluding carboxylic acids is 1. The van der Waals surface area contributed by atoms with E-state index in [1.165, 1.54) is 0 Å². The molecule has 80 valence electrons. The topological polar surface area (TPSA) is 38.8 Å². The maximum atomic E-state index is 11.1. The van der Waals surface area contributed by atoms with Gasteiger partial charge in [0.1, 0.15) is 12.7 Å². The molecule has 0 radical (unpaired) electrons. The van der Waals surface area contributed by atoms with Gasteiger partial charge in [0, 0.05) is 6.42 Å². The summed E-state index contributed by atoms with van der Waals surface area (Å²) in [6.45, 7) is 4.82. The van der Waals surface area contributed by atoms with Crippen molar-refractivity contribution in [2.45, 2.75) is 38.2 Å². The van der Waals surface area contributed by atoms with Gasteiger partial charge in [0.2, 0.25) is 0 Å². The predicted octanol–water partition coefficient (Wildman–Crippen LogP) is 2.06. The number of carbonyl (C=O) groups is 1. The molecular formula is C11H18O3. The van der Waals surface area contributed by atoms with Crippen molar-refractivity contribution in [3.05, 3.63) is 12.7 Å². The van der Waals surface area contributed by atoms with Gasteiger partial charge in [-0.3, -0.25) is 4.79 Å².